The second-order valence-electron chi connectivity index (χ2n) is 4.49. The second kappa shape index (κ2) is 5.87. The summed E-state index contributed by atoms with van der Waals surface area (Å²) in [4.78, 5) is 14.3. The Morgan fingerprint density at radius 3 is 2.67 bits per heavy atom. The molecule has 1 fully saturated rings. The zero-order valence-corrected chi connectivity index (χ0v) is 13.0. The molecule has 0 bridgehead atoms. The van der Waals surface area contributed by atoms with E-state index in [2.05, 4.69) is 0 Å². The number of hydrogen-bond acceptors (Lipinski definition) is 4. The molecule has 0 N–H and O–H groups in total. The van der Waals surface area contributed by atoms with Gasteiger partial charge in [-0.25, -0.2) is 0 Å². The summed E-state index contributed by atoms with van der Waals surface area (Å²) >= 11 is 6.50. The molecule has 1 aromatic carbocycles. The Kier molecular flexibility index (Phi) is 3.94. The maximum atomic E-state index is 12.1. The lowest BCUT2D eigenvalue weighted by molar-refractivity contribution is -0.121. The molecule has 0 saturated carbocycles. The number of nitrogens with zero attached hydrogens (tertiary/aromatic N) is 1. The summed E-state index contributed by atoms with van der Waals surface area (Å²) in [6, 6.07) is 13.6. The fourth-order valence-electron chi connectivity index (χ4n) is 2.09. The average Bonchev–Trinajstić information content (AvgIpc) is 3.06. The van der Waals surface area contributed by atoms with Crippen LogP contribution in [0.2, 0.25) is 0 Å². The Labute approximate surface area is 132 Å². The molecule has 2 aromatic rings. The van der Waals surface area contributed by atoms with E-state index in [0.29, 0.717) is 21.5 Å². The zero-order valence-electron chi connectivity index (χ0n) is 11.4. The monoisotopic (exact) mass is 315 g/mol. The van der Waals surface area contributed by atoms with Gasteiger partial charge in [0.15, 0.2) is 0 Å². The number of amides is 1. The van der Waals surface area contributed by atoms with E-state index in [-0.39, 0.29) is 5.91 Å². The van der Waals surface area contributed by atoms with Gasteiger partial charge in [0.1, 0.15) is 15.8 Å². The third-order valence-corrected chi connectivity index (χ3v) is 4.53. The second-order valence-corrected chi connectivity index (χ2v) is 6.17. The summed E-state index contributed by atoms with van der Waals surface area (Å²) in [5.41, 5.74) is 1.01. The summed E-state index contributed by atoms with van der Waals surface area (Å²) in [5.74, 6) is 1.39. The predicted octanol–water partition coefficient (Wildman–Crippen LogP) is 4.17. The van der Waals surface area contributed by atoms with E-state index < -0.39 is 0 Å². The molecule has 1 amide bonds. The summed E-state index contributed by atoms with van der Waals surface area (Å²) in [6.45, 7) is 2.50. The van der Waals surface area contributed by atoms with Gasteiger partial charge in [-0.3, -0.25) is 9.69 Å². The number of carbonyl (C=O) groups excluding carboxylic acids is 1. The Balaban J connectivity index is 1.87. The van der Waals surface area contributed by atoms with E-state index in [0.717, 1.165) is 11.3 Å². The van der Waals surface area contributed by atoms with Crippen LogP contribution in [-0.2, 0) is 4.79 Å². The maximum Gasteiger partial charge on any atom is 0.266 e. The largest absolute Gasteiger partial charge is 0.457 e. The Hall–Kier alpha value is -1.85. The first-order valence-corrected chi connectivity index (χ1v) is 7.82. The minimum absolute atomic E-state index is 0.0508. The number of thiocarbonyl (C=S) groups is 1. The van der Waals surface area contributed by atoms with Crippen LogP contribution < -0.4 is 0 Å². The van der Waals surface area contributed by atoms with Crippen molar-refractivity contribution in [3.8, 4) is 11.3 Å². The van der Waals surface area contributed by atoms with E-state index in [1.165, 1.54) is 11.8 Å². The first-order valence-electron chi connectivity index (χ1n) is 6.59. The molecule has 0 aliphatic carbocycles. The van der Waals surface area contributed by atoms with E-state index in [1.54, 1.807) is 11.0 Å². The Bertz CT molecular complexity index is 719. The van der Waals surface area contributed by atoms with Crippen molar-refractivity contribution in [3.63, 3.8) is 0 Å². The molecule has 0 unspecified atom stereocenters. The molecule has 3 rings (SSSR count). The third kappa shape index (κ3) is 2.80. The molecule has 0 spiro atoms. The Morgan fingerprint density at radius 2 is 2.00 bits per heavy atom. The van der Waals surface area contributed by atoms with Crippen LogP contribution in [0.15, 0.2) is 51.8 Å². The van der Waals surface area contributed by atoms with Gasteiger partial charge in [-0.05, 0) is 19.1 Å². The molecule has 1 aliphatic rings. The smallest absolute Gasteiger partial charge is 0.266 e. The van der Waals surface area contributed by atoms with Crippen molar-refractivity contribution in [1.29, 1.82) is 0 Å². The summed E-state index contributed by atoms with van der Waals surface area (Å²) in [5, 5.41) is 0. The van der Waals surface area contributed by atoms with E-state index >= 15 is 0 Å². The number of carbonyl (C=O) groups is 1. The third-order valence-electron chi connectivity index (χ3n) is 3.15. The van der Waals surface area contributed by atoms with Crippen molar-refractivity contribution in [2.45, 2.75) is 6.92 Å². The number of rotatable bonds is 3. The topological polar surface area (TPSA) is 33.5 Å². The van der Waals surface area contributed by atoms with Crippen molar-refractivity contribution in [2.75, 3.05) is 6.54 Å². The number of hydrogen-bond donors (Lipinski definition) is 0. The highest BCUT2D eigenvalue weighted by Crippen LogP contribution is 2.33. The van der Waals surface area contributed by atoms with Crippen LogP contribution in [0.25, 0.3) is 17.4 Å². The van der Waals surface area contributed by atoms with Gasteiger partial charge in [-0.15, -0.1) is 0 Å². The fourth-order valence-corrected chi connectivity index (χ4v) is 3.45. The lowest BCUT2D eigenvalue weighted by Gasteiger charge is -2.09. The van der Waals surface area contributed by atoms with E-state index in [1.807, 2.05) is 49.4 Å². The molecular formula is C16H13NO2S2. The minimum Gasteiger partial charge on any atom is -0.457 e. The maximum absolute atomic E-state index is 12.1. The number of thioether (sulfide) groups is 1. The zero-order chi connectivity index (χ0) is 14.8. The van der Waals surface area contributed by atoms with Crippen LogP contribution >= 0.6 is 24.0 Å². The predicted molar refractivity (Wildman–Crippen MR) is 89.7 cm³/mol. The molecule has 3 nitrogen and oxygen atoms in total. The van der Waals surface area contributed by atoms with Crippen LogP contribution in [0.5, 0.6) is 0 Å². The highest BCUT2D eigenvalue weighted by Gasteiger charge is 2.30. The summed E-state index contributed by atoms with van der Waals surface area (Å²) < 4.78 is 6.38. The van der Waals surface area contributed by atoms with Crippen LogP contribution in [0, 0.1) is 0 Å². The van der Waals surface area contributed by atoms with E-state index in [4.69, 9.17) is 16.6 Å². The lowest BCUT2D eigenvalue weighted by Crippen LogP contribution is -2.27. The number of benzene rings is 1. The van der Waals surface area contributed by atoms with Gasteiger partial charge < -0.3 is 4.42 Å². The molecule has 1 aromatic heterocycles. The van der Waals surface area contributed by atoms with Gasteiger partial charge in [0.05, 0.1) is 4.91 Å². The van der Waals surface area contributed by atoms with Crippen molar-refractivity contribution in [1.82, 2.24) is 4.90 Å². The summed E-state index contributed by atoms with van der Waals surface area (Å²) in [7, 11) is 0. The van der Waals surface area contributed by atoms with Crippen molar-refractivity contribution in [2.24, 2.45) is 0 Å². The molecular weight excluding hydrogens is 302 g/mol. The Morgan fingerprint density at radius 1 is 1.24 bits per heavy atom. The lowest BCUT2D eigenvalue weighted by atomic mass is 10.2. The van der Waals surface area contributed by atoms with Crippen molar-refractivity contribution < 1.29 is 9.21 Å². The molecule has 0 radical (unpaired) electrons. The van der Waals surface area contributed by atoms with Gasteiger partial charge in [-0.2, -0.15) is 0 Å². The molecule has 21 heavy (non-hydrogen) atoms. The van der Waals surface area contributed by atoms with Gasteiger partial charge in [-0.1, -0.05) is 54.3 Å². The number of likely N-dealkylation sites (N-methyl/N-ethyl adjacent to an activating group) is 1. The SMILES string of the molecule is CCN1C(=O)/C(=C\c2ccc(-c3ccccc3)o2)SC1=S. The first-order chi connectivity index (χ1) is 10.2. The molecule has 1 saturated heterocycles. The standard InChI is InChI=1S/C16H13NO2S2/c1-2-17-15(18)14(21-16(17)20)10-12-8-9-13(19-12)11-6-4-3-5-7-11/h3-10H,2H2,1H3/b14-10+. The van der Waals surface area contributed by atoms with Crippen LogP contribution in [0.3, 0.4) is 0 Å². The quantitative estimate of drug-likeness (QED) is 0.629. The molecule has 0 atom stereocenters. The van der Waals surface area contributed by atoms with Crippen LogP contribution in [0.4, 0.5) is 0 Å². The molecule has 2 heterocycles. The highest BCUT2D eigenvalue weighted by molar-refractivity contribution is 8.26. The van der Waals surface area contributed by atoms with Gasteiger partial charge in [0, 0.05) is 18.2 Å². The van der Waals surface area contributed by atoms with Gasteiger partial charge in [0.2, 0.25) is 0 Å². The van der Waals surface area contributed by atoms with Crippen molar-refractivity contribution in [3.05, 3.63) is 53.1 Å². The minimum atomic E-state index is -0.0508. The van der Waals surface area contributed by atoms with Crippen molar-refractivity contribution >= 4 is 40.3 Å². The number of furan rings is 1. The van der Waals surface area contributed by atoms with Gasteiger partial charge in [0.25, 0.3) is 5.91 Å². The van der Waals surface area contributed by atoms with Crippen LogP contribution in [-0.4, -0.2) is 21.7 Å². The molecule has 5 heteroatoms. The fraction of sp³-hybridized carbons (Fsp3) is 0.125. The summed E-state index contributed by atoms with van der Waals surface area (Å²) in [6.07, 6.45) is 1.75. The molecule has 1 aliphatic heterocycles. The average molecular weight is 315 g/mol. The van der Waals surface area contributed by atoms with Crippen LogP contribution in [0.1, 0.15) is 12.7 Å². The van der Waals surface area contributed by atoms with E-state index in [9.17, 15) is 4.79 Å². The normalized spacial score (nSPS) is 17.0. The molecule has 106 valence electrons. The highest BCUT2D eigenvalue weighted by atomic mass is 32.2. The first kappa shape index (κ1) is 14.1. The van der Waals surface area contributed by atoms with Gasteiger partial charge >= 0.3 is 0 Å².